The van der Waals surface area contributed by atoms with E-state index in [9.17, 15) is 0 Å². The van der Waals surface area contributed by atoms with Gasteiger partial charge in [-0.3, -0.25) is 0 Å². The Kier molecular flexibility index (Phi) is 5.62. The number of hydrogen-bond donors (Lipinski definition) is 0. The van der Waals surface area contributed by atoms with Crippen LogP contribution in [-0.2, 0) is 5.54 Å². The van der Waals surface area contributed by atoms with Crippen molar-refractivity contribution < 1.29 is 0 Å². The molecule has 2 aromatic rings. The van der Waals surface area contributed by atoms with E-state index in [2.05, 4.69) is 110 Å². The van der Waals surface area contributed by atoms with E-state index in [-0.39, 0.29) is 0 Å². The number of hydrogen-bond acceptors (Lipinski definition) is 1. The summed E-state index contributed by atoms with van der Waals surface area (Å²) in [4.78, 5) is 4.69. The number of nitrogens with zero attached hydrogens (tertiary/aromatic N) is 2. The molecular weight excluding hydrogens is 352 g/mol. The summed E-state index contributed by atoms with van der Waals surface area (Å²) in [6, 6.07) is 10.8. The van der Waals surface area contributed by atoms with Gasteiger partial charge in [-0.2, -0.15) is 0 Å². The Morgan fingerprint density at radius 3 is 2.31 bits per heavy atom. The summed E-state index contributed by atoms with van der Waals surface area (Å²) < 4.78 is 2.36. The van der Waals surface area contributed by atoms with Crippen LogP contribution in [0.3, 0.4) is 0 Å². The summed E-state index contributed by atoms with van der Waals surface area (Å²) in [5, 5.41) is 0. The number of allylic oxidation sites excluding steroid dienone is 12. The number of aromatic nitrogens is 2. The molecule has 2 aliphatic rings. The molecular formula is C27H28N2. The predicted octanol–water partition coefficient (Wildman–Crippen LogP) is 6.52. The molecule has 2 heteroatoms. The molecule has 0 bridgehead atoms. The second-order valence-corrected chi connectivity index (χ2v) is 7.55. The van der Waals surface area contributed by atoms with E-state index in [1.165, 1.54) is 22.4 Å². The number of benzene rings is 1. The van der Waals surface area contributed by atoms with Gasteiger partial charge >= 0.3 is 0 Å². The fourth-order valence-electron chi connectivity index (χ4n) is 4.25. The maximum Gasteiger partial charge on any atom is 0.121 e. The van der Waals surface area contributed by atoms with Gasteiger partial charge in [0.15, 0.2) is 0 Å². The molecule has 1 atom stereocenters. The molecule has 29 heavy (non-hydrogen) atoms. The van der Waals surface area contributed by atoms with Crippen molar-refractivity contribution in [3.05, 3.63) is 126 Å². The zero-order chi connectivity index (χ0) is 20.1. The molecule has 1 heterocycles. The Morgan fingerprint density at radius 1 is 0.828 bits per heavy atom. The predicted molar refractivity (Wildman–Crippen MR) is 122 cm³/mol. The Labute approximate surface area is 174 Å². The summed E-state index contributed by atoms with van der Waals surface area (Å²) in [6.45, 7) is 4.26. The maximum atomic E-state index is 4.69. The molecule has 0 radical (unpaired) electrons. The molecule has 0 aliphatic heterocycles. The first-order chi connectivity index (χ1) is 14.2. The highest BCUT2D eigenvalue weighted by atomic mass is 15.1. The van der Waals surface area contributed by atoms with Crippen molar-refractivity contribution in [1.82, 2.24) is 9.55 Å². The van der Waals surface area contributed by atoms with Crippen LogP contribution in [0.5, 0.6) is 0 Å². The van der Waals surface area contributed by atoms with Crippen molar-refractivity contribution in [2.75, 3.05) is 0 Å². The number of imidazole rings is 1. The molecule has 1 aromatic heterocycles. The van der Waals surface area contributed by atoms with Crippen LogP contribution in [0.2, 0.25) is 0 Å². The van der Waals surface area contributed by atoms with E-state index in [0.29, 0.717) is 0 Å². The highest BCUT2D eigenvalue weighted by Crippen LogP contribution is 2.44. The van der Waals surface area contributed by atoms with Crippen molar-refractivity contribution in [2.45, 2.75) is 38.6 Å². The summed E-state index contributed by atoms with van der Waals surface area (Å²) in [5.74, 6) is 0. The van der Waals surface area contributed by atoms with Gasteiger partial charge in [-0.1, -0.05) is 91.1 Å². The van der Waals surface area contributed by atoms with Crippen molar-refractivity contribution in [3.63, 3.8) is 0 Å². The van der Waals surface area contributed by atoms with Crippen molar-refractivity contribution >= 4 is 0 Å². The van der Waals surface area contributed by atoms with E-state index in [1.807, 2.05) is 6.33 Å². The fraction of sp³-hybridized carbons (Fsp3) is 0.222. The van der Waals surface area contributed by atoms with Crippen LogP contribution in [0.4, 0.5) is 0 Å². The van der Waals surface area contributed by atoms with Crippen LogP contribution < -0.4 is 0 Å². The second kappa shape index (κ2) is 8.48. The summed E-state index contributed by atoms with van der Waals surface area (Å²) >= 11 is 0. The minimum atomic E-state index is -0.473. The van der Waals surface area contributed by atoms with Gasteiger partial charge in [0.25, 0.3) is 0 Å². The molecule has 0 saturated heterocycles. The van der Waals surface area contributed by atoms with Crippen molar-refractivity contribution in [2.24, 2.45) is 0 Å². The molecule has 0 spiro atoms. The smallest absolute Gasteiger partial charge is 0.121 e. The van der Waals surface area contributed by atoms with Gasteiger partial charge in [0.2, 0.25) is 0 Å². The Balaban J connectivity index is 2.11. The molecule has 0 amide bonds. The average molecular weight is 381 g/mol. The standard InChI is InChI=1S/C27H28N2/c1-22-23(2)29(21-28-22)27(26-19-13-8-14-20-26,25-17-11-6-7-12-18-25)24-15-9-4-3-5-10-16-24/h3-4,6,8,10-21H,5,7,9H2,1-2H3/b4-3-,16-10?,24-15+. The van der Waals surface area contributed by atoms with Crippen LogP contribution in [0.15, 0.2) is 109 Å². The quantitative estimate of drug-likeness (QED) is 0.552. The lowest BCUT2D eigenvalue weighted by molar-refractivity contribution is 0.499. The van der Waals surface area contributed by atoms with Crippen molar-refractivity contribution in [1.29, 1.82) is 0 Å². The minimum absolute atomic E-state index is 0.473. The molecule has 2 aliphatic carbocycles. The molecule has 0 saturated carbocycles. The third-order valence-corrected chi connectivity index (χ3v) is 5.83. The molecule has 1 aromatic carbocycles. The topological polar surface area (TPSA) is 17.8 Å². The van der Waals surface area contributed by atoms with E-state index >= 15 is 0 Å². The summed E-state index contributed by atoms with van der Waals surface area (Å²) in [6.07, 6.45) is 27.4. The zero-order valence-electron chi connectivity index (χ0n) is 17.3. The highest BCUT2D eigenvalue weighted by Gasteiger charge is 2.41. The van der Waals surface area contributed by atoms with Gasteiger partial charge < -0.3 is 4.57 Å². The molecule has 0 fully saturated rings. The van der Waals surface area contributed by atoms with Gasteiger partial charge in [0.05, 0.1) is 12.0 Å². The lowest BCUT2D eigenvalue weighted by Crippen LogP contribution is -2.39. The third-order valence-electron chi connectivity index (χ3n) is 5.83. The second-order valence-electron chi connectivity index (χ2n) is 7.55. The molecule has 0 N–H and O–H groups in total. The third kappa shape index (κ3) is 3.51. The zero-order valence-corrected chi connectivity index (χ0v) is 17.3. The molecule has 4 rings (SSSR count). The first-order valence-electron chi connectivity index (χ1n) is 10.4. The molecule has 1 unspecified atom stereocenters. The van der Waals surface area contributed by atoms with Gasteiger partial charge in [-0.15, -0.1) is 0 Å². The Morgan fingerprint density at radius 2 is 1.55 bits per heavy atom. The van der Waals surface area contributed by atoms with Crippen molar-refractivity contribution in [3.8, 4) is 0 Å². The van der Waals surface area contributed by atoms with E-state index in [1.54, 1.807) is 0 Å². The van der Waals surface area contributed by atoms with Crippen LogP contribution in [0, 0.1) is 13.8 Å². The summed E-state index contributed by atoms with van der Waals surface area (Å²) in [5.41, 5.74) is 5.54. The first kappa shape index (κ1) is 19.2. The fourth-order valence-corrected chi connectivity index (χ4v) is 4.25. The van der Waals surface area contributed by atoms with E-state index < -0.39 is 5.54 Å². The normalized spacial score (nSPS) is 21.3. The molecule has 146 valence electrons. The van der Waals surface area contributed by atoms with Gasteiger partial charge in [-0.05, 0) is 49.8 Å². The average Bonchev–Trinajstić information content (AvgIpc) is 2.92. The lowest BCUT2D eigenvalue weighted by Gasteiger charge is -2.40. The highest BCUT2D eigenvalue weighted by molar-refractivity contribution is 5.56. The van der Waals surface area contributed by atoms with Crippen LogP contribution in [0.25, 0.3) is 0 Å². The van der Waals surface area contributed by atoms with Gasteiger partial charge in [0.1, 0.15) is 5.54 Å². The SMILES string of the molecule is Cc1ncn(C(C2=CC=CCC=C2)(/C2=C/C/C=C\CC=C2)c2ccccc2)c1C. The Hall–Kier alpha value is -3.13. The lowest BCUT2D eigenvalue weighted by atomic mass is 9.74. The van der Waals surface area contributed by atoms with Gasteiger partial charge in [-0.25, -0.2) is 4.98 Å². The largest absolute Gasteiger partial charge is 0.316 e. The van der Waals surface area contributed by atoms with Crippen LogP contribution in [-0.4, -0.2) is 9.55 Å². The number of rotatable bonds is 4. The van der Waals surface area contributed by atoms with Gasteiger partial charge in [0, 0.05) is 5.69 Å². The maximum absolute atomic E-state index is 4.69. The first-order valence-corrected chi connectivity index (χ1v) is 10.4. The number of aryl methyl sites for hydroxylation is 1. The monoisotopic (exact) mass is 380 g/mol. The van der Waals surface area contributed by atoms with Crippen LogP contribution >= 0.6 is 0 Å². The molecule has 2 nitrogen and oxygen atoms in total. The van der Waals surface area contributed by atoms with Crippen LogP contribution in [0.1, 0.15) is 36.2 Å². The summed E-state index contributed by atoms with van der Waals surface area (Å²) in [7, 11) is 0. The van der Waals surface area contributed by atoms with E-state index in [4.69, 9.17) is 4.98 Å². The minimum Gasteiger partial charge on any atom is -0.316 e. The Bertz CT molecular complexity index is 1040. The van der Waals surface area contributed by atoms with E-state index in [0.717, 1.165) is 25.0 Å².